The van der Waals surface area contributed by atoms with Gasteiger partial charge in [0.2, 0.25) is 0 Å². The fraction of sp³-hybridized carbons (Fsp3) is 0.400. The maximum Gasteiger partial charge on any atom is 0.253 e. The highest BCUT2D eigenvalue weighted by Gasteiger charge is 2.28. The average molecular weight is 373 g/mol. The fourth-order valence-corrected chi connectivity index (χ4v) is 3.64. The number of halogens is 2. The van der Waals surface area contributed by atoms with Gasteiger partial charge in [-0.15, -0.1) is 0 Å². The molecule has 4 rings (SSSR count). The third-order valence-corrected chi connectivity index (χ3v) is 5.25. The van der Waals surface area contributed by atoms with Gasteiger partial charge >= 0.3 is 0 Å². The number of rotatable bonds is 2. The van der Waals surface area contributed by atoms with Gasteiger partial charge in [0.25, 0.3) is 5.91 Å². The molecule has 0 aliphatic carbocycles. The van der Waals surface area contributed by atoms with Crippen LogP contribution in [0.2, 0.25) is 0 Å². The molecule has 1 amide bonds. The summed E-state index contributed by atoms with van der Waals surface area (Å²) in [6.07, 6.45) is 2.69. The van der Waals surface area contributed by atoms with E-state index in [1.165, 1.54) is 13.1 Å². The Labute approximate surface area is 156 Å². The Morgan fingerprint density at radius 3 is 3.00 bits per heavy atom. The van der Waals surface area contributed by atoms with Crippen LogP contribution in [0.1, 0.15) is 46.3 Å². The number of hydrogen-bond donors (Lipinski definition) is 2. The lowest BCUT2D eigenvalue weighted by atomic mass is 9.94. The number of benzene rings is 1. The maximum absolute atomic E-state index is 14.2. The van der Waals surface area contributed by atoms with E-state index < -0.39 is 17.7 Å². The van der Waals surface area contributed by atoms with Gasteiger partial charge in [0.05, 0.1) is 11.6 Å². The number of carbonyl (C=O) groups excluding carboxylic acids is 1. The SMILES string of the molecule is Cc1cc(F)c2c(c1F)OC[C@H](NC(=O)c1cnc3c(c1)C(C)CCN3)C2. The van der Waals surface area contributed by atoms with Crippen molar-refractivity contribution in [2.24, 2.45) is 0 Å². The van der Waals surface area contributed by atoms with Crippen LogP contribution in [0.4, 0.5) is 14.6 Å². The van der Waals surface area contributed by atoms with Crippen LogP contribution in [-0.2, 0) is 6.42 Å². The van der Waals surface area contributed by atoms with E-state index in [-0.39, 0.29) is 35.8 Å². The minimum absolute atomic E-state index is 0.0478. The number of aryl methyl sites for hydroxylation is 1. The summed E-state index contributed by atoms with van der Waals surface area (Å²) in [6.45, 7) is 4.56. The number of amides is 1. The van der Waals surface area contributed by atoms with Gasteiger partial charge in [0.15, 0.2) is 11.6 Å². The van der Waals surface area contributed by atoms with Crippen molar-refractivity contribution in [2.45, 2.75) is 38.6 Å². The molecule has 0 radical (unpaired) electrons. The van der Waals surface area contributed by atoms with E-state index >= 15 is 0 Å². The second kappa shape index (κ2) is 6.79. The molecule has 1 aromatic heterocycles. The van der Waals surface area contributed by atoms with Crippen molar-refractivity contribution < 1.29 is 18.3 Å². The first-order valence-corrected chi connectivity index (χ1v) is 9.09. The summed E-state index contributed by atoms with van der Waals surface area (Å²) in [5.41, 5.74) is 1.83. The molecular formula is C20H21F2N3O2. The molecule has 142 valence electrons. The van der Waals surface area contributed by atoms with Crippen LogP contribution in [0.5, 0.6) is 5.75 Å². The third kappa shape index (κ3) is 3.22. The lowest BCUT2D eigenvalue weighted by molar-refractivity contribution is 0.0912. The zero-order valence-electron chi connectivity index (χ0n) is 15.2. The van der Waals surface area contributed by atoms with Crippen LogP contribution >= 0.6 is 0 Å². The van der Waals surface area contributed by atoms with Crippen molar-refractivity contribution in [1.29, 1.82) is 0 Å². The second-order valence-corrected chi connectivity index (χ2v) is 7.26. The number of anilines is 1. The van der Waals surface area contributed by atoms with Gasteiger partial charge in [-0.1, -0.05) is 6.92 Å². The molecule has 1 unspecified atom stereocenters. The zero-order valence-corrected chi connectivity index (χ0v) is 15.2. The molecule has 2 aliphatic heterocycles. The Hall–Kier alpha value is -2.70. The fourth-order valence-electron chi connectivity index (χ4n) is 3.64. The Balaban J connectivity index is 1.51. The summed E-state index contributed by atoms with van der Waals surface area (Å²) in [5.74, 6) is -0.268. The van der Waals surface area contributed by atoms with Gasteiger partial charge < -0.3 is 15.4 Å². The summed E-state index contributed by atoms with van der Waals surface area (Å²) < 4.78 is 33.7. The number of nitrogens with zero attached hydrogens (tertiary/aromatic N) is 1. The van der Waals surface area contributed by atoms with Gasteiger partial charge in [-0.05, 0) is 42.5 Å². The molecular weight excluding hydrogens is 352 g/mol. The molecule has 0 bridgehead atoms. The minimum Gasteiger partial charge on any atom is -0.488 e. The number of carbonyl (C=O) groups is 1. The van der Waals surface area contributed by atoms with Gasteiger partial charge in [-0.3, -0.25) is 4.79 Å². The Bertz CT molecular complexity index is 917. The minimum atomic E-state index is -0.545. The summed E-state index contributed by atoms with van der Waals surface area (Å²) >= 11 is 0. The van der Waals surface area contributed by atoms with E-state index in [1.807, 2.05) is 6.07 Å². The maximum atomic E-state index is 14.2. The van der Waals surface area contributed by atoms with E-state index in [0.29, 0.717) is 11.5 Å². The predicted octanol–water partition coefficient (Wildman–Crippen LogP) is 3.32. The molecule has 2 aliphatic rings. The first-order chi connectivity index (χ1) is 12.9. The van der Waals surface area contributed by atoms with Crippen LogP contribution in [0.15, 0.2) is 18.3 Å². The molecule has 1 aromatic carbocycles. The van der Waals surface area contributed by atoms with Gasteiger partial charge in [-0.25, -0.2) is 13.8 Å². The molecule has 0 saturated carbocycles. The van der Waals surface area contributed by atoms with E-state index in [9.17, 15) is 13.6 Å². The van der Waals surface area contributed by atoms with Crippen molar-refractivity contribution in [1.82, 2.24) is 10.3 Å². The van der Waals surface area contributed by atoms with E-state index in [1.54, 1.807) is 0 Å². The number of hydrogen-bond acceptors (Lipinski definition) is 4. The standard InChI is InChI=1S/C20H21F2N3O2/c1-10-3-4-23-19-14(10)6-12(8-24-19)20(26)25-13-7-15-16(21)5-11(2)17(22)18(15)27-9-13/h5-6,8,10,13H,3-4,7,9H2,1-2H3,(H,23,24)(H,25,26)/t10?,13-/m1/s1. The van der Waals surface area contributed by atoms with Gasteiger partial charge in [0, 0.05) is 24.7 Å². The van der Waals surface area contributed by atoms with Crippen LogP contribution in [0, 0.1) is 18.6 Å². The molecule has 7 heteroatoms. The molecule has 0 saturated heterocycles. The quantitative estimate of drug-likeness (QED) is 0.848. The van der Waals surface area contributed by atoms with Crippen LogP contribution in [0.25, 0.3) is 0 Å². The van der Waals surface area contributed by atoms with Crippen LogP contribution < -0.4 is 15.4 Å². The monoisotopic (exact) mass is 373 g/mol. The number of ether oxygens (including phenoxy) is 1. The van der Waals surface area contributed by atoms with E-state index in [4.69, 9.17) is 4.74 Å². The number of fused-ring (bicyclic) bond motifs is 2. The number of pyridine rings is 1. The van der Waals surface area contributed by atoms with Gasteiger partial charge in [-0.2, -0.15) is 0 Å². The summed E-state index contributed by atoms with van der Waals surface area (Å²) in [6, 6.07) is 2.56. The Kier molecular flexibility index (Phi) is 4.45. The van der Waals surface area contributed by atoms with E-state index in [2.05, 4.69) is 22.5 Å². The molecule has 2 aromatic rings. The first-order valence-electron chi connectivity index (χ1n) is 9.09. The summed E-state index contributed by atoms with van der Waals surface area (Å²) in [7, 11) is 0. The zero-order chi connectivity index (χ0) is 19.1. The van der Waals surface area contributed by atoms with Crippen molar-refractivity contribution in [3.8, 4) is 5.75 Å². The Morgan fingerprint density at radius 2 is 2.19 bits per heavy atom. The number of aromatic nitrogens is 1. The molecule has 0 spiro atoms. The van der Waals surface area contributed by atoms with Crippen molar-refractivity contribution in [3.63, 3.8) is 0 Å². The first kappa shape index (κ1) is 17.7. The molecule has 2 N–H and O–H groups in total. The highest BCUT2D eigenvalue weighted by atomic mass is 19.1. The average Bonchev–Trinajstić information content (AvgIpc) is 2.66. The normalized spacial score (nSPS) is 20.7. The molecule has 2 atom stereocenters. The largest absolute Gasteiger partial charge is 0.488 e. The topological polar surface area (TPSA) is 63.2 Å². The number of nitrogens with one attached hydrogen (secondary N) is 2. The van der Waals surface area contributed by atoms with Crippen molar-refractivity contribution in [2.75, 3.05) is 18.5 Å². The van der Waals surface area contributed by atoms with Crippen molar-refractivity contribution >= 4 is 11.7 Å². The highest BCUT2D eigenvalue weighted by Crippen LogP contribution is 2.33. The molecule has 27 heavy (non-hydrogen) atoms. The van der Waals surface area contributed by atoms with Gasteiger partial charge in [0.1, 0.15) is 18.2 Å². The smallest absolute Gasteiger partial charge is 0.253 e. The predicted molar refractivity (Wildman–Crippen MR) is 97.3 cm³/mol. The summed E-state index contributed by atoms with van der Waals surface area (Å²) in [4.78, 5) is 17.0. The molecule has 3 heterocycles. The summed E-state index contributed by atoms with van der Waals surface area (Å²) in [5, 5.41) is 6.07. The molecule has 5 nitrogen and oxygen atoms in total. The second-order valence-electron chi connectivity index (χ2n) is 7.26. The van der Waals surface area contributed by atoms with Crippen molar-refractivity contribution in [3.05, 3.63) is 52.2 Å². The van der Waals surface area contributed by atoms with Crippen LogP contribution in [-0.4, -0.2) is 30.1 Å². The lowest BCUT2D eigenvalue weighted by Gasteiger charge is -2.27. The van der Waals surface area contributed by atoms with E-state index in [0.717, 1.165) is 30.4 Å². The third-order valence-electron chi connectivity index (χ3n) is 5.25. The Morgan fingerprint density at radius 1 is 1.37 bits per heavy atom. The lowest BCUT2D eigenvalue weighted by Crippen LogP contribution is -2.43. The molecule has 0 fully saturated rings. The van der Waals surface area contributed by atoms with Crippen LogP contribution in [0.3, 0.4) is 0 Å². The highest BCUT2D eigenvalue weighted by molar-refractivity contribution is 5.94.